The van der Waals surface area contributed by atoms with E-state index >= 15 is 4.79 Å². The summed E-state index contributed by atoms with van der Waals surface area (Å²) in [7, 11) is 3.67. The molecule has 1 aliphatic carbocycles. The fourth-order valence-electron chi connectivity index (χ4n) is 9.10. The minimum absolute atomic E-state index is 0.00709. The van der Waals surface area contributed by atoms with Gasteiger partial charge in [-0.1, -0.05) is 30.7 Å². The molecule has 8 rings (SSSR count). The largest absolute Gasteiger partial charge is 0.508 e. The summed E-state index contributed by atoms with van der Waals surface area (Å²) in [6.07, 6.45) is 7.12. The van der Waals surface area contributed by atoms with Crippen LogP contribution in [0.5, 0.6) is 5.75 Å². The van der Waals surface area contributed by atoms with Crippen molar-refractivity contribution in [2.24, 2.45) is 7.05 Å². The summed E-state index contributed by atoms with van der Waals surface area (Å²) < 4.78 is 13.6. The van der Waals surface area contributed by atoms with Gasteiger partial charge in [0.2, 0.25) is 0 Å². The molecule has 1 atom stereocenters. The Balaban J connectivity index is 1.16. The Morgan fingerprint density at radius 3 is 2.35 bits per heavy atom. The molecule has 4 heterocycles. The maximum atomic E-state index is 15.4. The van der Waals surface area contributed by atoms with Crippen LogP contribution < -0.4 is 4.90 Å². The molecule has 1 aromatic heterocycles. The second kappa shape index (κ2) is 16.8. The number of fused-ring (bicyclic) bond motifs is 2. The molecule has 0 radical (unpaired) electrons. The van der Waals surface area contributed by atoms with E-state index in [1.54, 1.807) is 41.1 Å². The van der Waals surface area contributed by atoms with Crippen LogP contribution in [0, 0.1) is 6.92 Å². The number of hydrogen-bond acceptors (Lipinski definition) is 7. The van der Waals surface area contributed by atoms with Crippen LogP contribution in [0.3, 0.4) is 0 Å². The van der Waals surface area contributed by atoms with E-state index in [0.717, 1.165) is 105 Å². The van der Waals surface area contributed by atoms with Gasteiger partial charge in [0.25, 0.3) is 11.8 Å². The molecule has 2 fully saturated rings. The maximum absolute atomic E-state index is 15.4. The van der Waals surface area contributed by atoms with Crippen molar-refractivity contribution in [2.45, 2.75) is 83.5 Å². The van der Waals surface area contributed by atoms with Crippen molar-refractivity contribution in [1.82, 2.24) is 19.3 Å². The minimum Gasteiger partial charge on any atom is -0.508 e. The van der Waals surface area contributed by atoms with E-state index in [1.807, 2.05) is 36.7 Å². The number of benzene rings is 3. The van der Waals surface area contributed by atoms with Crippen LogP contribution in [-0.4, -0.2) is 101 Å². The van der Waals surface area contributed by atoms with Crippen LogP contribution in [0.4, 0.5) is 10.5 Å². The normalized spacial score (nSPS) is 18.8. The number of aromatic hydroxyl groups is 1. The highest BCUT2D eigenvalue weighted by molar-refractivity contribution is 6.08. The number of nitrogens with zero attached hydrogens (tertiary/aromatic N) is 5. The van der Waals surface area contributed by atoms with Gasteiger partial charge < -0.3 is 33.8 Å². The van der Waals surface area contributed by atoms with Crippen LogP contribution in [0.15, 0.2) is 66.7 Å². The van der Waals surface area contributed by atoms with E-state index in [-0.39, 0.29) is 35.8 Å². The molecule has 3 aromatic carbocycles. The summed E-state index contributed by atoms with van der Waals surface area (Å²) in [5.41, 5.74) is 8.58. The highest BCUT2D eigenvalue weighted by Gasteiger charge is 2.35. The third-order valence-corrected chi connectivity index (χ3v) is 12.7. The molecular formula is C46H55N5O6. The van der Waals surface area contributed by atoms with Crippen molar-refractivity contribution in [2.75, 3.05) is 51.3 Å². The van der Waals surface area contributed by atoms with Gasteiger partial charge in [-0.05, 0) is 117 Å². The highest BCUT2D eigenvalue weighted by atomic mass is 16.6. The van der Waals surface area contributed by atoms with Crippen molar-refractivity contribution in [3.63, 3.8) is 0 Å². The fourth-order valence-corrected chi connectivity index (χ4v) is 9.10. The zero-order valence-electron chi connectivity index (χ0n) is 33.5. The Morgan fingerprint density at radius 1 is 0.860 bits per heavy atom. The Kier molecular flexibility index (Phi) is 11.4. The van der Waals surface area contributed by atoms with E-state index < -0.39 is 0 Å². The minimum atomic E-state index is -0.278. The van der Waals surface area contributed by atoms with Gasteiger partial charge in [-0.15, -0.1) is 0 Å². The number of carbonyl (C=O) groups is 3. The first-order chi connectivity index (χ1) is 27.6. The van der Waals surface area contributed by atoms with Gasteiger partial charge in [-0.2, -0.15) is 0 Å². The lowest BCUT2D eigenvalue weighted by Crippen LogP contribution is -2.47. The second-order valence-corrected chi connectivity index (χ2v) is 16.3. The molecule has 0 spiro atoms. The van der Waals surface area contributed by atoms with Crippen molar-refractivity contribution in [3.05, 3.63) is 106 Å². The standard InChI is InChI=1S/C46H55N5O6/c1-31-40(44(53)48(3)36-13-15-38(52)16-14-36)28-43(47(31)2)41-26-33-17-20-50(46(55)57-39-11-5-4-6-12-39)29-35(33)27-42(41)45(54)51-30-34-10-8-7-9-32(34)25-37(51)18-19-49-21-23-56-24-22-49/h7-10,13-16,26-28,37,39,52H,4-6,11-12,17-25,29-30H2,1-3H3/t37-/m1/s1. The van der Waals surface area contributed by atoms with Crippen LogP contribution >= 0.6 is 0 Å². The summed E-state index contributed by atoms with van der Waals surface area (Å²) in [5.74, 6) is -0.106. The van der Waals surface area contributed by atoms with E-state index in [1.165, 1.54) is 12.0 Å². The van der Waals surface area contributed by atoms with E-state index in [0.29, 0.717) is 42.9 Å². The first-order valence-corrected chi connectivity index (χ1v) is 20.7. The fraction of sp³-hybridized carbons (Fsp3) is 0.457. The van der Waals surface area contributed by atoms with Gasteiger partial charge in [0, 0.05) is 87.6 Å². The number of aromatic nitrogens is 1. The Labute approximate surface area is 335 Å². The molecule has 4 aromatic rings. The number of phenolic OH excluding ortho intramolecular Hbond substituents is 1. The summed E-state index contributed by atoms with van der Waals surface area (Å²) >= 11 is 0. The third kappa shape index (κ3) is 8.18. The number of amides is 3. The third-order valence-electron chi connectivity index (χ3n) is 12.7. The number of morpholine rings is 1. The molecule has 57 heavy (non-hydrogen) atoms. The molecule has 1 N–H and O–H groups in total. The molecule has 11 nitrogen and oxygen atoms in total. The summed E-state index contributed by atoms with van der Waals surface area (Å²) in [6.45, 7) is 7.46. The monoisotopic (exact) mass is 773 g/mol. The molecule has 0 bridgehead atoms. The molecule has 4 aliphatic rings. The van der Waals surface area contributed by atoms with Crippen molar-refractivity contribution in [3.8, 4) is 17.0 Å². The molecule has 3 aliphatic heterocycles. The van der Waals surface area contributed by atoms with Gasteiger partial charge in [-0.25, -0.2) is 4.79 Å². The number of ether oxygens (including phenoxy) is 2. The van der Waals surface area contributed by atoms with Crippen LogP contribution in [-0.2, 0) is 42.5 Å². The lowest BCUT2D eigenvalue weighted by Gasteiger charge is -2.39. The van der Waals surface area contributed by atoms with Gasteiger partial charge in [0.15, 0.2) is 0 Å². The van der Waals surface area contributed by atoms with E-state index in [4.69, 9.17) is 9.47 Å². The molecule has 0 unspecified atom stereocenters. The summed E-state index contributed by atoms with van der Waals surface area (Å²) in [5, 5.41) is 9.85. The molecule has 300 valence electrons. The number of carbonyl (C=O) groups excluding carboxylic acids is 3. The molecule has 11 heteroatoms. The molecule has 1 saturated carbocycles. The predicted molar refractivity (Wildman–Crippen MR) is 220 cm³/mol. The lowest BCUT2D eigenvalue weighted by atomic mass is 9.88. The highest BCUT2D eigenvalue weighted by Crippen LogP contribution is 2.36. The maximum Gasteiger partial charge on any atom is 0.410 e. The van der Waals surface area contributed by atoms with Gasteiger partial charge >= 0.3 is 6.09 Å². The van der Waals surface area contributed by atoms with Gasteiger partial charge in [-0.3, -0.25) is 14.5 Å². The smallest absolute Gasteiger partial charge is 0.410 e. The Morgan fingerprint density at radius 2 is 1.60 bits per heavy atom. The van der Waals surface area contributed by atoms with Crippen LogP contribution in [0.2, 0.25) is 0 Å². The Hall–Kier alpha value is -5.13. The molecule has 3 amide bonds. The summed E-state index contributed by atoms with van der Waals surface area (Å²) in [6, 6.07) is 21.0. The first kappa shape index (κ1) is 38.7. The van der Waals surface area contributed by atoms with Crippen molar-refractivity contribution in [1.29, 1.82) is 0 Å². The lowest BCUT2D eigenvalue weighted by molar-refractivity contribution is 0.0308. The number of rotatable bonds is 8. The number of phenols is 1. The zero-order valence-corrected chi connectivity index (χ0v) is 33.5. The molecular weight excluding hydrogens is 719 g/mol. The summed E-state index contributed by atoms with van der Waals surface area (Å²) in [4.78, 5) is 50.8. The quantitative estimate of drug-likeness (QED) is 0.204. The van der Waals surface area contributed by atoms with Crippen molar-refractivity contribution >= 4 is 23.6 Å². The number of hydrogen-bond donors (Lipinski definition) is 1. The Bertz CT molecular complexity index is 2120. The average Bonchev–Trinajstić information content (AvgIpc) is 3.54. The van der Waals surface area contributed by atoms with E-state index in [9.17, 15) is 14.7 Å². The second-order valence-electron chi connectivity index (χ2n) is 16.3. The topological polar surface area (TPSA) is 108 Å². The van der Waals surface area contributed by atoms with Crippen molar-refractivity contribution < 1.29 is 29.0 Å². The van der Waals surface area contributed by atoms with Gasteiger partial charge in [0.05, 0.1) is 18.8 Å². The number of anilines is 1. The SMILES string of the molecule is Cc1c(C(=O)N(C)c2ccc(O)cc2)cc(-c2cc3c(cc2C(=O)N2Cc4ccccc4C[C@H]2CCN2CCOCC2)CN(C(=O)OC2CCCCC2)CC3)n1C. The predicted octanol–water partition coefficient (Wildman–Crippen LogP) is 7.10. The first-order valence-electron chi connectivity index (χ1n) is 20.7. The van der Waals surface area contributed by atoms with Crippen LogP contribution in [0.1, 0.15) is 87.2 Å². The molecule has 1 saturated heterocycles. The van der Waals surface area contributed by atoms with Crippen LogP contribution in [0.25, 0.3) is 11.3 Å². The zero-order chi connectivity index (χ0) is 39.6. The van der Waals surface area contributed by atoms with E-state index in [2.05, 4.69) is 34.1 Å². The van der Waals surface area contributed by atoms with Gasteiger partial charge in [0.1, 0.15) is 11.9 Å². The average molecular weight is 774 g/mol.